The normalized spacial score (nSPS) is 10.6. The maximum Gasteiger partial charge on any atom is 0.317 e. The van der Waals surface area contributed by atoms with E-state index in [1.54, 1.807) is 23.1 Å². The Hall–Kier alpha value is -3.02. The maximum absolute atomic E-state index is 12.9. The van der Waals surface area contributed by atoms with E-state index in [4.69, 9.17) is 27.9 Å². The fourth-order valence-electron chi connectivity index (χ4n) is 3.71. The highest BCUT2D eigenvalue weighted by Gasteiger charge is 2.16. The second-order valence-corrected chi connectivity index (χ2v) is 8.93. The summed E-state index contributed by atoms with van der Waals surface area (Å²) in [4.78, 5) is 26.5. The smallest absolute Gasteiger partial charge is 0.317 e. The zero-order valence-corrected chi connectivity index (χ0v) is 21.0. The van der Waals surface area contributed by atoms with Crippen LogP contribution in [0.5, 0.6) is 0 Å². The van der Waals surface area contributed by atoms with Crippen molar-refractivity contribution in [2.24, 2.45) is 0 Å². The lowest BCUT2D eigenvalue weighted by Gasteiger charge is -2.23. The van der Waals surface area contributed by atoms with Gasteiger partial charge in [-0.1, -0.05) is 65.2 Å². The van der Waals surface area contributed by atoms with E-state index >= 15 is 0 Å². The van der Waals surface area contributed by atoms with Crippen LogP contribution in [0.2, 0.25) is 10.0 Å². The van der Waals surface area contributed by atoms with E-state index in [0.717, 1.165) is 33.4 Å². The van der Waals surface area contributed by atoms with Gasteiger partial charge in [-0.3, -0.25) is 4.79 Å². The summed E-state index contributed by atoms with van der Waals surface area (Å²) in [6, 6.07) is 18.9. The minimum Gasteiger partial charge on any atom is -0.469 e. The van der Waals surface area contributed by atoms with Crippen LogP contribution in [0.3, 0.4) is 0 Å². The number of amides is 2. The van der Waals surface area contributed by atoms with E-state index in [9.17, 15) is 9.59 Å². The molecule has 2 amide bonds. The summed E-state index contributed by atoms with van der Waals surface area (Å²) < 4.78 is 4.79. The molecule has 7 heteroatoms. The number of rotatable bonds is 8. The van der Waals surface area contributed by atoms with Gasteiger partial charge in [0.15, 0.2) is 0 Å². The van der Waals surface area contributed by atoms with Crippen molar-refractivity contribution in [2.75, 3.05) is 13.7 Å². The Balaban J connectivity index is 1.83. The first-order chi connectivity index (χ1) is 16.3. The fraction of sp³-hybridized carbons (Fsp3) is 0.259. The lowest BCUT2D eigenvalue weighted by atomic mass is 9.95. The Morgan fingerprint density at radius 2 is 1.68 bits per heavy atom. The second-order valence-electron chi connectivity index (χ2n) is 8.06. The van der Waals surface area contributed by atoms with Gasteiger partial charge in [0.25, 0.3) is 0 Å². The number of nitrogens with zero attached hydrogens (tertiary/aromatic N) is 1. The third-order valence-corrected chi connectivity index (χ3v) is 5.96. The summed E-state index contributed by atoms with van der Waals surface area (Å²) in [6.45, 7) is 5.36. The van der Waals surface area contributed by atoms with E-state index in [0.29, 0.717) is 29.7 Å². The molecule has 0 aliphatic rings. The number of benzene rings is 3. The van der Waals surface area contributed by atoms with Gasteiger partial charge < -0.3 is 15.0 Å². The molecule has 0 spiro atoms. The summed E-state index contributed by atoms with van der Waals surface area (Å²) in [5.41, 5.74) is 5.68. The van der Waals surface area contributed by atoms with Gasteiger partial charge in [-0.2, -0.15) is 0 Å². The van der Waals surface area contributed by atoms with Crippen LogP contribution in [0, 0.1) is 6.92 Å². The average molecular weight is 499 g/mol. The van der Waals surface area contributed by atoms with Gasteiger partial charge in [0.2, 0.25) is 0 Å². The van der Waals surface area contributed by atoms with Crippen molar-refractivity contribution in [3.8, 4) is 11.1 Å². The van der Waals surface area contributed by atoms with E-state index in [1.165, 1.54) is 7.11 Å². The topological polar surface area (TPSA) is 58.6 Å². The number of esters is 1. The molecule has 0 aliphatic heterocycles. The minimum atomic E-state index is -0.327. The molecule has 3 rings (SSSR count). The van der Waals surface area contributed by atoms with Crippen molar-refractivity contribution in [1.29, 1.82) is 0 Å². The molecule has 0 aliphatic carbocycles. The number of ether oxygens (including phenoxy) is 1. The van der Waals surface area contributed by atoms with Gasteiger partial charge in [0.05, 0.1) is 13.5 Å². The molecule has 0 fully saturated rings. The zero-order valence-electron chi connectivity index (χ0n) is 19.5. The number of hydrogen-bond acceptors (Lipinski definition) is 3. The van der Waals surface area contributed by atoms with Gasteiger partial charge in [-0.15, -0.1) is 0 Å². The number of urea groups is 1. The average Bonchev–Trinajstić information content (AvgIpc) is 2.81. The van der Waals surface area contributed by atoms with Crippen molar-refractivity contribution in [1.82, 2.24) is 10.2 Å². The Morgan fingerprint density at radius 3 is 2.35 bits per heavy atom. The van der Waals surface area contributed by atoms with Crippen LogP contribution in [0.4, 0.5) is 4.79 Å². The molecular weight excluding hydrogens is 471 g/mol. The van der Waals surface area contributed by atoms with E-state index < -0.39 is 0 Å². The van der Waals surface area contributed by atoms with Gasteiger partial charge in [-0.05, 0) is 65.9 Å². The van der Waals surface area contributed by atoms with Gasteiger partial charge in [0.1, 0.15) is 0 Å². The Labute approximate surface area is 210 Å². The first-order valence-corrected chi connectivity index (χ1v) is 11.8. The third-order valence-electron chi connectivity index (χ3n) is 5.49. The molecule has 34 heavy (non-hydrogen) atoms. The van der Waals surface area contributed by atoms with Crippen LogP contribution in [0.15, 0.2) is 60.7 Å². The minimum absolute atomic E-state index is 0.138. The Morgan fingerprint density at radius 1 is 0.941 bits per heavy atom. The Kier molecular flexibility index (Phi) is 8.97. The number of carbonyl (C=O) groups excluding carboxylic acids is 2. The summed E-state index contributed by atoms with van der Waals surface area (Å²) in [5.74, 6) is -0.327. The predicted molar refractivity (Wildman–Crippen MR) is 137 cm³/mol. The number of methoxy groups -OCH3 is 1. The molecule has 1 N–H and O–H groups in total. The highest BCUT2D eigenvalue weighted by Crippen LogP contribution is 2.30. The molecule has 0 heterocycles. The molecule has 178 valence electrons. The standard InChI is InChI=1S/C27H28Cl2N2O3/c1-4-31(27(33)30-16-19-6-8-23(28)9-7-19)17-22-11-18(2)5-10-25(22)21-12-20(13-24(29)15-21)14-26(32)34-3/h5-13,15H,4,14,16-17H2,1-3H3,(H,30,33). The fourth-order valence-corrected chi connectivity index (χ4v) is 4.09. The number of hydrogen-bond donors (Lipinski definition) is 1. The van der Waals surface area contributed by atoms with Crippen molar-refractivity contribution in [2.45, 2.75) is 33.4 Å². The number of halogens is 2. The summed E-state index contributed by atoms with van der Waals surface area (Å²) in [6.07, 6.45) is 0.138. The molecule has 0 radical (unpaired) electrons. The van der Waals surface area contributed by atoms with Crippen LogP contribution in [-0.2, 0) is 29.0 Å². The monoisotopic (exact) mass is 498 g/mol. The lowest BCUT2D eigenvalue weighted by Crippen LogP contribution is -2.39. The van der Waals surface area contributed by atoms with E-state index in [-0.39, 0.29) is 18.4 Å². The molecule has 3 aromatic carbocycles. The molecule has 3 aromatic rings. The quantitative estimate of drug-likeness (QED) is 0.364. The van der Waals surface area contributed by atoms with Crippen LogP contribution in [0.25, 0.3) is 11.1 Å². The number of carbonyl (C=O) groups is 2. The largest absolute Gasteiger partial charge is 0.469 e. The SMILES string of the molecule is CCN(Cc1cc(C)ccc1-c1cc(Cl)cc(CC(=O)OC)c1)C(=O)NCc1ccc(Cl)cc1. The summed E-state index contributed by atoms with van der Waals surface area (Å²) in [5, 5.41) is 4.18. The van der Waals surface area contributed by atoms with Crippen LogP contribution in [0.1, 0.15) is 29.2 Å². The highest BCUT2D eigenvalue weighted by atomic mass is 35.5. The van der Waals surface area contributed by atoms with Crippen LogP contribution >= 0.6 is 23.2 Å². The molecular formula is C27H28Cl2N2O3. The number of aryl methyl sites for hydroxylation is 1. The zero-order chi connectivity index (χ0) is 24.7. The molecule has 0 unspecified atom stereocenters. The van der Waals surface area contributed by atoms with E-state index in [2.05, 4.69) is 11.4 Å². The third kappa shape index (κ3) is 6.99. The molecule has 0 bridgehead atoms. The molecule has 0 aromatic heterocycles. The van der Waals surface area contributed by atoms with Crippen molar-refractivity contribution >= 4 is 35.2 Å². The lowest BCUT2D eigenvalue weighted by molar-refractivity contribution is -0.139. The van der Waals surface area contributed by atoms with Crippen molar-refractivity contribution in [3.63, 3.8) is 0 Å². The first kappa shape index (κ1) is 25.6. The summed E-state index contributed by atoms with van der Waals surface area (Å²) >= 11 is 12.3. The van der Waals surface area contributed by atoms with Crippen molar-refractivity contribution < 1.29 is 14.3 Å². The van der Waals surface area contributed by atoms with E-state index in [1.807, 2.05) is 50.2 Å². The Bertz CT molecular complexity index is 1160. The highest BCUT2D eigenvalue weighted by molar-refractivity contribution is 6.31. The first-order valence-electron chi connectivity index (χ1n) is 11.0. The molecule has 5 nitrogen and oxygen atoms in total. The molecule has 0 atom stereocenters. The molecule has 0 saturated heterocycles. The number of nitrogens with one attached hydrogen (secondary N) is 1. The predicted octanol–water partition coefficient (Wildman–Crippen LogP) is 6.42. The van der Waals surface area contributed by atoms with Crippen molar-refractivity contribution in [3.05, 3.63) is 93.0 Å². The van der Waals surface area contributed by atoms with Crippen LogP contribution in [-0.4, -0.2) is 30.6 Å². The van der Waals surface area contributed by atoms with Gasteiger partial charge in [0, 0.05) is 29.7 Å². The van der Waals surface area contributed by atoms with Crippen LogP contribution < -0.4 is 5.32 Å². The van der Waals surface area contributed by atoms with Gasteiger partial charge in [-0.25, -0.2) is 4.79 Å². The summed E-state index contributed by atoms with van der Waals surface area (Å²) in [7, 11) is 1.36. The molecule has 0 saturated carbocycles. The second kappa shape index (κ2) is 11.9. The maximum atomic E-state index is 12.9. The van der Waals surface area contributed by atoms with Gasteiger partial charge >= 0.3 is 12.0 Å².